The van der Waals surface area contributed by atoms with Gasteiger partial charge in [0, 0.05) is 0 Å². The fraction of sp³-hybridized carbons (Fsp3) is 0. The maximum atomic E-state index is 4.17. The van der Waals surface area contributed by atoms with E-state index >= 15 is 0 Å². The molecule has 1 aromatic heterocycles. The van der Waals surface area contributed by atoms with E-state index in [1.54, 1.807) is 0 Å². The van der Waals surface area contributed by atoms with E-state index in [0.717, 1.165) is 31.4 Å². The highest BCUT2D eigenvalue weighted by molar-refractivity contribution is 9.11. The number of hydrogen-bond acceptors (Lipinski definition) is 5. The van der Waals surface area contributed by atoms with Gasteiger partial charge < -0.3 is 0 Å². The molecule has 1 aliphatic rings. The van der Waals surface area contributed by atoms with Crippen molar-refractivity contribution in [3.8, 4) is 0 Å². The summed E-state index contributed by atoms with van der Waals surface area (Å²) < 4.78 is 10.1. The molecule has 64 valence electrons. The van der Waals surface area contributed by atoms with Crippen molar-refractivity contribution in [3.63, 3.8) is 0 Å². The molecule has 0 radical (unpaired) electrons. The highest BCUT2D eigenvalue weighted by Crippen LogP contribution is 2.51. The first-order valence-corrected chi connectivity index (χ1v) is 5.65. The minimum atomic E-state index is 0.842. The van der Waals surface area contributed by atoms with Crippen molar-refractivity contribution >= 4 is 66.0 Å². The van der Waals surface area contributed by atoms with Crippen LogP contribution in [0.25, 0.3) is 11.0 Å². The third-order valence-electron chi connectivity index (χ3n) is 1.79. The highest BCUT2D eigenvalue weighted by atomic mass is 79.9. The fourth-order valence-electron chi connectivity index (χ4n) is 1.15. The number of fused-ring (bicyclic) bond motifs is 2. The lowest BCUT2D eigenvalue weighted by Gasteiger charge is -2.10. The zero-order valence-electron chi connectivity index (χ0n) is 5.95. The molecule has 0 saturated heterocycles. The Kier molecular flexibility index (Phi) is 1.56. The van der Waals surface area contributed by atoms with Gasteiger partial charge in [0.1, 0.15) is 22.4 Å². The number of benzene rings is 1. The summed E-state index contributed by atoms with van der Waals surface area (Å²) in [6, 6.07) is 0. The van der Waals surface area contributed by atoms with Crippen LogP contribution in [0.1, 0.15) is 0 Å². The predicted molar refractivity (Wildman–Crippen MR) is 57.0 cm³/mol. The number of azo groups is 1. The Labute approximate surface area is 93.7 Å². The van der Waals surface area contributed by atoms with Crippen LogP contribution in [0.3, 0.4) is 0 Å². The SMILES string of the molecule is Brc1c2c(c(Br)c3nsnc13)N=N2. The molecule has 0 fully saturated rings. The lowest BCUT2D eigenvalue weighted by molar-refractivity contribution is 1.13. The molecule has 0 spiro atoms. The van der Waals surface area contributed by atoms with Crippen LogP contribution < -0.4 is 0 Å². The summed E-state index contributed by atoms with van der Waals surface area (Å²) >= 11 is 8.03. The van der Waals surface area contributed by atoms with Crippen LogP contribution in [0, 0.1) is 0 Å². The summed E-state index contributed by atoms with van der Waals surface area (Å²) in [5, 5.41) is 7.82. The monoisotopic (exact) mass is 318 g/mol. The van der Waals surface area contributed by atoms with E-state index in [4.69, 9.17) is 0 Å². The van der Waals surface area contributed by atoms with Gasteiger partial charge in [-0.2, -0.15) is 8.75 Å². The second-order valence-corrected chi connectivity index (χ2v) is 4.60. The van der Waals surface area contributed by atoms with Gasteiger partial charge in [0.15, 0.2) is 0 Å². The van der Waals surface area contributed by atoms with Gasteiger partial charge in [0.25, 0.3) is 0 Å². The minimum Gasteiger partial charge on any atom is -0.172 e. The van der Waals surface area contributed by atoms with Crippen molar-refractivity contribution in [2.24, 2.45) is 10.2 Å². The first-order chi connectivity index (χ1) is 6.29. The van der Waals surface area contributed by atoms with Crippen molar-refractivity contribution in [2.75, 3.05) is 0 Å². The molecule has 0 aliphatic carbocycles. The average molecular weight is 320 g/mol. The van der Waals surface area contributed by atoms with Crippen LogP contribution in [0.5, 0.6) is 0 Å². The molecule has 7 heteroatoms. The maximum Gasteiger partial charge on any atom is 0.131 e. The van der Waals surface area contributed by atoms with Crippen LogP contribution in [0.15, 0.2) is 19.2 Å². The predicted octanol–water partition coefficient (Wildman–Crippen LogP) is 3.95. The molecule has 0 saturated carbocycles. The van der Waals surface area contributed by atoms with E-state index in [0.29, 0.717) is 0 Å². The van der Waals surface area contributed by atoms with E-state index < -0.39 is 0 Å². The van der Waals surface area contributed by atoms with Gasteiger partial charge in [-0.05, 0) is 31.9 Å². The van der Waals surface area contributed by atoms with Crippen LogP contribution >= 0.6 is 43.6 Å². The van der Waals surface area contributed by atoms with Crippen LogP contribution in [-0.2, 0) is 0 Å². The number of rotatable bonds is 0. The molecule has 2 aromatic rings. The Bertz CT molecular complexity index is 501. The van der Waals surface area contributed by atoms with Crippen molar-refractivity contribution in [2.45, 2.75) is 0 Å². The van der Waals surface area contributed by atoms with Crippen molar-refractivity contribution in [3.05, 3.63) is 8.95 Å². The van der Waals surface area contributed by atoms with E-state index in [9.17, 15) is 0 Å². The zero-order valence-corrected chi connectivity index (χ0v) is 9.94. The molecule has 1 aromatic carbocycles. The molecule has 0 N–H and O–H groups in total. The summed E-state index contributed by atoms with van der Waals surface area (Å²) in [6.45, 7) is 0. The standard InChI is InChI=1S/C6Br2N4S/c7-1-3-4(10-9-3)2(8)6-5(1)11-13-12-6. The van der Waals surface area contributed by atoms with Gasteiger partial charge in [0.2, 0.25) is 0 Å². The van der Waals surface area contributed by atoms with Gasteiger partial charge >= 0.3 is 0 Å². The Balaban J connectivity index is 2.59. The quantitative estimate of drug-likeness (QED) is 0.630. The Hall–Kier alpha value is -0.400. The Morgan fingerprint density at radius 3 is 1.69 bits per heavy atom. The van der Waals surface area contributed by atoms with E-state index in [1.165, 1.54) is 11.7 Å². The molecule has 0 atom stereocenters. The largest absolute Gasteiger partial charge is 0.172 e. The van der Waals surface area contributed by atoms with Gasteiger partial charge in [-0.3, -0.25) is 0 Å². The van der Waals surface area contributed by atoms with Gasteiger partial charge in [0.05, 0.1) is 20.7 Å². The van der Waals surface area contributed by atoms with E-state index in [-0.39, 0.29) is 0 Å². The second kappa shape index (κ2) is 2.55. The molecule has 0 unspecified atom stereocenters. The van der Waals surface area contributed by atoms with Crippen molar-refractivity contribution < 1.29 is 0 Å². The highest BCUT2D eigenvalue weighted by Gasteiger charge is 2.23. The first kappa shape index (κ1) is 7.95. The molecular formula is C6Br2N4S. The molecule has 0 bridgehead atoms. The zero-order chi connectivity index (χ0) is 9.00. The molecule has 13 heavy (non-hydrogen) atoms. The summed E-state index contributed by atoms with van der Waals surface area (Å²) in [5.41, 5.74) is 3.39. The lowest BCUT2D eigenvalue weighted by Crippen LogP contribution is -1.84. The fourth-order valence-corrected chi connectivity index (χ4v) is 3.03. The molecule has 4 nitrogen and oxygen atoms in total. The second-order valence-electron chi connectivity index (χ2n) is 2.49. The van der Waals surface area contributed by atoms with E-state index in [1.807, 2.05) is 0 Å². The summed E-state index contributed by atoms with van der Waals surface area (Å²) in [7, 11) is 0. The average Bonchev–Trinajstić information content (AvgIpc) is 2.47. The van der Waals surface area contributed by atoms with Crippen LogP contribution in [0.2, 0.25) is 0 Å². The first-order valence-electron chi connectivity index (χ1n) is 3.34. The number of nitrogens with zero attached hydrogens (tertiary/aromatic N) is 4. The van der Waals surface area contributed by atoms with Crippen molar-refractivity contribution in [1.29, 1.82) is 0 Å². The van der Waals surface area contributed by atoms with Crippen LogP contribution in [-0.4, -0.2) is 8.75 Å². The number of aromatic nitrogens is 2. The Morgan fingerprint density at radius 1 is 0.846 bits per heavy atom. The van der Waals surface area contributed by atoms with Gasteiger partial charge in [-0.25, -0.2) is 0 Å². The summed E-state index contributed by atoms with van der Waals surface area (Å²) in [5.74, 6) is 0. The molecule has 3 rings (SSSR count). The normalized spacial score (nSPS) is 13.1. The molecule has 1 aliphatic heterocycles. The van der Waals surface area contributed by atoms with E-state index in [2.05, 4.69) is 50.8 Å². The van der Waals surface area contributed by atoms with Crippen molar-refractivity contribution in [1.82, 2.24) is 8.75 Å². The molecular weight excluding hydrogens is 320 g/mol. The Morgan fingerprint density at radius 2 is 1.31 bits per heavy atom. The molecule has 0 amide bonds. The maximum absolute atomic E-state index is 4.17. The summed E-state index contributed by atoms with van der Waals surface area (Å²) in [4.78, 5) is 0. The topological polar surface area (TPSA) is 50.5 Å². The smallest absolute Gasteiger partial charge is 0.131 e. The van der Waals surface area contributed by atoms with Crippen LogP contribution in [0.4, 0.5) is 11.4 Å². The third kappa shape index (κ3) is 0.893. The minimum absolute atomic E-state index is 0.842. The third-order valence-corrected chi connectivity index (χ3v) is 3.83. The number of hydrogen-bond donors (Lipinski definition) is 0. The summed E-state index contributed by atoms with van der Waals surface area (Å²) in [6.07, 6.45) is 0. The molecule has 2 heterocycles. The lowest BCUT2D eigenvalue weighted by atomic mass is 10.2. The number of halogens is 2. The van der Waals surface area contributed by atoms with Gasteiger partial charge in [-0.1, -0.05) is 0 Å². The van der Waals surface area contributed by atoms with Gasteiger partial charge in [-0.15, -0.1) is 10.2 Å².